The van der Waals surface area contributed by atoms with Crippen LogP contribution in [0.3, 0.4) is 0 Å². The maximum Gasteiger partial charge on any atom is 0.137 e. The molecule has 0 heterocycles. The fourth-order valence-electron chi connectivity index (χ4n) is 1.27. The van der Waals surface area contributed by atoms with Gasteiger partial charge in [0.25, 0.3) is 0 Å². The summed E-state index contributed by atoms with van der Waals surface area (Å²) in [5.74, 6) is 0.344. The highest BCUT2D eigenvalue weighted by Gasteiger charge is 2.10. The minimum atomic E-state index is -0.0461. The Morgan fingerprint density at radius 3 is 2.43 bits per heavy atom. The zero-order valence-corrected chi connectivity index (χ0v) is 8.73. The number of rotatable bonds is 5. The summed E-state index contributed by atoms with van der Waals surface area (Å²) in [6.45, 7) is 4.83. The summed E-state index contributed by atoms with van der Waals surface area (Å²) in [5, 5.41) is 3.22. The van der Waals surface area contributed by atoms with E-state index in [0.717, 1.165) is 12.8 Å². The third kappa shape index (κ3) is 3.30. The molecule has 0 aliphatic carbocycles. The van der Waals surface area contributed by atoms with Gasteiger partial charge in [-0.1, -0.05) is 44.2 Å². The highest BCUT2D eigenvalue weighted by molar-refractivity contribution is 5.57. The van der Waals surface area contributed by atoms with Crippen LogP contribution in [0.25, 0.3) is 0 Å². The summed E-state index contributed by atoms with van der Waals surface area (Å²) in [7, 11) is 0. The molecule has 0 fully saturated rings. The van der Waals surface area contributed by atoms with Gasteiger partial charge in [0.1, 0.15) is 6.29 Å². The number of carbonyl (C=O) groups is 1. The first kappa shape index (κ1) is 10.9. The van der Waals surface area contributed by atoms with Crippen LogP contribution in [0.2, 0.25) is 0 Å². The molecule has 0 amide bonds. The lowest BCUT2D eigenvalue weighted by Gasteiger charge is -2.15. The topological polar surface area (TPSA) is 29.1 Å². The normalized spacial score (nSPS) is 12.8. The van der Waals surface area contributed by atoms with Gasteiger partial charge < -0.3 is 10.1 Å². The van der Waals surface area contributed by atoms with Crippen LogP contribution in [0.4, 0.5) is 0 Å². The Labute approximate surface area is 85.3 Å². The van der Waals surface area contributed by atoms with Gasteiger partial charge in [-0.2, -0.15) is 0 Å². The number of aldehydes is 1. The number of hydrogen-bond donors (Lipinski definition) is 1. The minimum absolute atomic E-state index is 0.0461. The molecule has 14 heavy (non-hydrogen) atoms. The number of benzene rings is 1. The molecule has 1 rings (SSSR count). The Kier molecular flexibility index (Phi) is 4.33. The fourth-order valence-corrected chi connectivity index (χ4v) is 1.27. The van der Waals surface area contributed by atoms with E-state index in [0.29, 0.717) is 5.92 Å². The van der Waals surface area contributed by atoms with Crippen molar-refractivity contribution in [1.29, 1.82) is 0 Å². The number of carbonyl (C=O) groups excluding carboxylic acids is 1. The van der Waals surface area contributed by atoms with Gasteiger partial charge in [0.2, 0.25) is 0 Å². The molecule has 0 aromatic heterocycles. The standard InChI is InChI=1S/C12H17NO/c1-10(2)12(9-14)13-8-11-6-4-3-5-7-11/h3-7,9-10,12-13H,8H2,1-2H3/t12-/m1/s1. The fraction of sp³-hybridized carbons (Fsp3) is 0.417. The third-order valence-electron chi connectivity index (χ3n) is 2.25. The summed E-state index contributed by atoms with van der Waals surface area (Å²) in [4.78, 5) is 10.7. The lowest BCUT2D eigenvalue weighted by atomic mass is 10.1. The van der Waals surface area contributed by atoms with Crippen molar-refractivity contribution in [3.05, 3.63) is 35.9 Å². The molecule has 76 valence electrons. The van der Waals surface area contributed by atoms with Crippen LogP contribution in [0.5, 0.6) is 0 Å². The number of hydrogen-bond acceptors (Lipinski definition) is 2. The average Bonchev–Trinajstić information content (AvgIpc) is 2.20. The Morgan fingerprint density at radius 1 is 1.29 bits per heavy atom. The van der Waals surface area contributed by atoms with Gasteiger partial charge in [-0.3, -0.25) is 0 Å². The van der Waals surface area contributed by atoms with Crippen LogP contribution < -0.4 is 5.32 Å². The molecule has 0 aliphatic rings. The Bertz CT molecular complexity index is 269. The Morgan fingerprint density at radius 2 is 1.93 bits per heavy atom. The average molecular weight is 191 g/mol. The molecule has 1 aromatic carbocycles. The molecular formula is C12H17NO. The van der Waals surface area contributed by atoms with Crippen molar-refractivity contribution in [1.82, 2.24) is 5.32 Å². The van der Waals surface area contributed by atoms with E-state index in [-0.39, 0.29) is 6.04 Å². The summed E-state index contributed by atoms with van der Waals surface area (Å²) < 4.78 is 0. The predicted octanol–water partition coefficient (Wildman–Crippen LogP) is 2.00. The maximum atomic E-state index is 10.7. The predicted molar refractivity (Wildman–Crippen MR) is 58.0 cm³/mol. The van der Waals surface area contributed by atoms with Crippen molar-refractivity contribution >= 4 is 6.29 Å². The van der Waals surface area contributed by atoms with Gasteiger partial charge in [-0.15, -0.1) is 0 Å². The molecule has 0 bridgehead atoms. The van der Waals surface area contributed by atoms with Crippen LogP contribution in [0, 0.1) is 5.92 Å². The molecule has 1 atom stereocenters. The second kappa shape index (κ2) is 5.55. The van der Waals surface area contributed by atoms with Gasteiger partial charge in [0, 0.05) is 6.54 Å². The molecule has 0 spiro atoms. The summed E-state index contributed by atoms with van der Waals surface area (Å²) >= 11 is 0. The van der Waals surface area contributed by atoms with Crippen LogP contribution in [0.1, 0.15) is 19.4 Å². The van der Waals surface area contributed by atoms with E-state index < -0.39 is 0 Å². The van der Waals surface area contributed by atoms with Gasteiger partial charge in [-0.05, 0) is 11.5 Å². The molecule has 0 unspecified atom stereocenters. The molecule has 2 heteroatoms. The van der Waals surface area contributed by atoms with Gasteiger partial charge in [0.05, 0.1) is 6.04 Å². The lowest BCUT2D eigenvalue weighted by molar-refractivity contribution is -0.110. The minimum Gasteiger partial charge on any atom is -0.303 e. The van der Waals surface area contributed by atoms with Crippen molar-refractivity contribution in [3.63, 3.8) is 0 Å². The summed E-state index contributed by atoms with van der Waals surface area (Å²) in [5.41, 5.74) is 1.21. The van der Waals surface area contributed by atoms with E-state index in [1.807, 2.05) is 32.0 Å². The molecule has 1 aromatic rings. The van der Waals surface area contributed by atoms with Gasteiger partial charge in [-0.25, -0.2) is 0 Å². The first-order valence-corrected chi connectivity index (χ1v) is 4.96. The van der Waals surface area contributed by atoms with E-state index in [4.69, 9.17) is 0 Å². The second-order valence-electron chi connectivity index (χ2n) is 3.77. The zero-order chi connectivity index (χ0) is 10.4. The summed E-state index contributed by atoms with van der Waals surface area (Å²) in [6.07, 6.45) is 0.980. The molecule has 1 N–H and O–H groups in total. The smallest absolute Gasteiger partial charge is 0.137 e. The first-order chi connectivity index (χ1) is 6.74. The monoisotopic (exact) mass is 191 g/mol. The van der Waals surface area contributed by atoms with Crippen molar-refractivity contribution < 1.29 is 4.79 Å². The van der Waals surface area contributed by atoms with Crippen LogP contribution >= 0.6 is 0 Å². The molecular weight excluding hydrogens is 174 g/mol. The number of nitrogens with one attached hydrogen (secondary N) is 1. The lowest BCUT2D eigenvalue weighted by Crippen LogP contribution is -2.34. The van der Waals surface area contributed by atoms with Crippen molar-refractivity contribution in [2.24, 2.45) is 5.92 Å². The van der Waals surface area contributed by atoms with Gasteiger partial charge >= 0.3 is 0 Å². The van der Waals surface area contributed by atoms with E-state index >= 15 is 0 Å². The zero-order valence-electron chi connectivity index (χ0n) is 8.73. The van der Waals surface area contributed by atoms with E-state index in [1.54, 1.807) is 0 Å². The van der Waals surface area contributed by atoms with E-state index in [9.17, 15) is 4.79 Å². The van der Waals surface area contributed by atoms with Crippen LogP contribution in [-0.2, 0) is 11.3 Å². The second-order valence-corrected chi connectivity index (χ2v) is 3.77. The van der Waals surface area contributed by atoms with Crippen molar-refractivity contribution in [2.75, 3.05) is 0 Å². The van der Waals surface area contributed by atoms with Gasteiger partial charge in [0.15, 0.2) is 0 Å². The molecule has 2 nitrogen and oxygen atoms in total. The molecule has 0 saturated heterocycles. The Balaban J connectivity index is 2.43. The van der Waals surface area contributed by atoms with Crippen molar-refractivity contribution in [2.45, 2.75) is 26.4 Å². The van der Waals surface area contributed by atoms with E-state index in [1.165, 1.54) is 5.56 Å². The third-order valence-corrected chi connectivity index (χ3v) is 2.25. The highest BCUT2D eigenvalue weighted by atomic mass is 16.1. The highest BCUT2D eigenvalue weighted by Crippen LogP contribution is 2.02. The molecule has 0 aliphatic heterocycles. The largest absolute Gasteiger partial charge is 0.303 e. The summed E-state index contributed by atoms with van der Waals surface area (Å²) in [6, 6.07) is 10.0. The molecule has 0 saturated carbocycles. The molecule has 0 radical (unpaired) electrons. The quantitative estimate of drug-likeness (QED) is 0.721. The first-order valence-electron chi connectivity index (χ1n) is 4.96. The maximum absolute atomic E-state index is 10.7. The van der Waals surface area contributed by atoms with E-state index in [2.05, 4.69) is 17.4 Å². The Hall–Kier alpha value is -1.15. The van der Waals surface area contributed by atoms with Crippen molar-refractivity contribution in [3.8, 4) is 0 Å². The van der Waals surface area contributed by atoms with Crippen LogP contribution in [-0.4, -0.2) is 12.3 Å². The SMILES string of the molecule is CC(C)[C@@H](C=O)NCc1ccccc1. The van der Waals surface area contributed by atoms with Crippen LogP contribution in [0.15, 0.2) is 30.3 Å².